The minimum atomic E-state index is -2.06. The van der Waals surface area contributed by atoms with Crippen LogP contribution >= 0.6 is 11.6 Å². The minimum absolute atomic E-state index is 0.0664. The van der Waals surface area contributed by atoms with Gasteiger partial charge in [0.15, 0.2) is 14.1 Å². The molecule has 0 aliphatic carbocycles. The molecule has 4 atom stereocenters. The number of halogens is 1. The van der Waals surface area contributed by atoms with Gasteiger partial charge in [0, 0.05) is 25.9 Å². The van der Waals surface area contributed by atoms with Gasteiger partial charge >= 0.3 is 0 Å². The number of hydrogen-bond acceptors (Lipinski definition) is 4. The van der Waals surface area contributed by atoms with E-state index in [2.05, 4.69) is 33.9 Å². The van der Waals surface area contributed by atoms with Gasteiger partial charge in [0.05, 0.1) is 18.3 Å². The van der Waals surface area contributed by atoms with Crippen molar-refractivity contribution in [2.75, 3.05) is 6.54 Å². The first-order chi connectivity index (χ1) is 14.3. The van der Waals surface area contributed by atoms with Gasteiger partial charge in [-0.3, -0.25) is 4.79 Å². The normalized spacial score (nSPS) is 29.8. The molecule has 0 unspecified atom stereocenters. The molecule has 2 fully saturated rings. The Hall–Kier alpha value is -0.923. The highest BCUT2D eigenvalue weighted by Gasteiger charge is 2.47. The molecule has 31 heavy (non-hydrogen) atoms. The molecule has 1 amide bonds. The van der Waals surface area contributed by atoms with E-state index >= 15 is 0 Å². The Morgan fingerprint density at radius 3 is 2.29 bits per heavy atom. The number of fused-ring (bicyclic) bond motifs is 1. The van der Waals surface area contributed by atoms with E-state index in [-0.39, 0.29) is 29.3 Å². The van der Waals surface area contributed by atoms with Crippen LogP contribution in [-0.4, -0.2) is 55.1 Å². The van der Waals surface area contributed by atoms with Gasteiger partial charge in [-0.05, 0) is 37.5 Å². The molecule has 0 bridgehead atoms. The molecule has 1 aromatic carbocycles. The molecule has 1 aromatic rings. The summed E-state index contributed by atoms with van der Waals surface area (Å²) in [6, 6.07) is 10.0. The summed E-state index contributed by atoms with van der Waals surface area (Å²) in [6.45, 7) is 16.1. The number of ether oxygens (including phenoxy) is 2. The molecule has 5 nitrogen and oxygen atoms in total. The van der Waals surface area contributed by atoms with Gasteiger partial charge in [-0.1, -0.05) is 51.1 Å². The lowest BCUT2D eigenvalue weighted by molar-refractivity contribution is -0.151. The molecule has 0 radical (unpaired) electrons. The van der Waals surface area contributed by atoms with Crippen molar-refractivity contribution < 1.29 is 18.7 Å². The second-order valence-electron chi connectivity index (χ2n) is 10.9. The third kappa shape index (κ3) is 6.11. The first kappa shape index (κ1) is 24.7. The Kier molecular flexibility index (Phi) is 7.29. The van der Waals surface area contributed by atoms with E-state index in [1.807, 2.05) is 49.1 Å². The standard InChI is InChI=1S/C24H38ClNO4Si/c1-23(2,3)31(6,7)30-18-13-20-21(29-24(4,5)28-20)14-19(25)22(27)26(16-18)15-17-11-9-8-10-12-17/h8-12,18-21H,13-16H2,1-7H3/t18-,19-,20+,21+/m1/s1. The van der Waals surface area contributed by atoms with Gasteiger partial charge in [0.2, 0.25) is 5.91 Å². The highest BCUT2D eigenvalue weighted by molar-refractivity contribution is 6.74. The lowest BCUT2D eigenvalue weighted by atomic mass is 10.0. The van der Waals surface area contributed by atoms with Crippen LogP contribution in [0.3, 0.4) is 0 Å². The monoisotopic (exact) mass is 467 g/mol. The lowest BCUT2D eigenvalue weighted by Crippen LogP contribution is -2.49. The van der Waals surface area contributed by atoms with Gasteiger partial charge in [-0.15, -0.1) is 11.6 Å². The van der Waals surface area contributed by atoms with Crippen LogP contribution in [0.15, 0.2) is 30.3 Å². The van der Waals surface area contributed by atoms with E-state index in [4.69, 9.17) is 25.5 Å². The Morgan fingerprint density at radius 2 is 1.71 bits per heavy atom. The van der Waals surface area contributed by atoms with Crippen molar-refractivity contribution in [2.24, 2.45) is 0 Å². The summed E-state index contributed by atoms with van der Waals surface area (Å²) >= 11 is 6.63. The van der Waals surface area contributed by atoms with Crippen molar-refractivity contribution in [3.8, 4) is 0 Å². The van der Waals surface area contributed by atoms with E-state index in [0.29, 0.717) is 25.9 Å². The van der Waals surface area contributed by atoms with Crippen LogP contribution in [0.4, 0.5) is 0 Å². The van der Waals surface area contributed by atoms with Crippen molar-refractivity contribution in [2.45, 2.75) is 102 Å². The lowest BCUT2D eigenvalue weighted by Gasteiger charge is -2.41. The molecular formula is C24H38ClNO4Si. The molecule has 2 saturated heterocycles. The first-order valence-electron chi connectivity index (χ1n) is 11.3. The first-order valence-corrected chi connectivity index (χ1v) is 14.6. The maximum Gasteiger partial charge on any atom is 0.241 e. The van der Waals surface area contributed by atoms with E-state index in [9.17, 15) is 4.79 Å². The van der Waals surface area contributed by atoms with Gasteiger partial charge in [-0.2, -0.15) is 0 Å². The maximum absolute atomic E-state index is 13.4. The molecule has 2 aliphatic rings. The van der Waals surface area contributed by atoms with Gasteiger partial charge < -0.3 is 18.8 Å². The summed E-state index contributed by atoms with van der Waals surface area (Å²) in [5, 5.41) is -0.583. The summed E-state index contributed by atoms with van der Waals surface area (Å²) < 4.78 is 19.2. The predicted octanol–water partition coefficient (Wildman–Crippen LogP) is 5.33. The molecule has 3 rings (SSSR count). The van der Waals surface area contributed by atoms with E-state index < -0.39 is 19.5 Å². The molecule has 0 N–H and O–H groups in total. The number of alkyl halides is 1. The fraction of sp³-hybridized carbons (Fsp3) is 0.708. The zero-order valence-corrected chi connectivity index (χ0v) is 21.7. The molecule has 0 aromatic heterocycles. The highest BCUT2D eigenvalue weighted by Crippen LogP contribution is 2.40. The zero-order chi connectivity index (χ0) is 23.0. The second-order valence-corrected chi connectivity index (χ2v) is 16.1. The van der Waals surface area contributed by atoms with Crippen LogP contribution in [0, 0.1) is 0 Å². The quantitative estimate of drug-likeness (QED) is 0.443. The molecule has 2 aliphatic heterocycles. The average Bonchev–Trinajstić information content (AvgIpc) is 2.93. The van der Waals surface area contributed by atoms with E-state index in [1.54, 1.807) is 0 Å². The largest absolute Gasteiger partial charge is 0.412 e. The third-order valence-electron chi connectivity index (χ3n) is 6.71. The van der Waals surface area contributed by atoms with Gasteiger partial charge in [-0.25, -0.2) is 0 Å². The fourth-order valence-electron chi connectivity index (χ4n) is 4.11. The topological polar surface area (TPSA) is 48.0 Å². The van der Waals surface area contributed by atoms with E-state index in [0.717, 1.165) is 5.56 Å². The number of carbonyl (C=O) groups excluding carboxylic acids is 1. The number of carbonyl (C=O) groups is 1. The van der Waals surface area contributed by atoms with Crippen molar-refractivity contribution in [3.63, 3.8) is 0 Å². The minimum Gasteiger partial charge on any atom is -0.412 e. The van der Waals surface area contributed by atoms with Crippen molar-refractivity contribution in [3.05, 3.63) is 35.9 Å². The van der Waals surface area contributed by atoms with Crippen LogP contribution in [0.1, 0.15) is 53.0 Å². The number of benzene rings is 1. The summed E-state index contributed by atoms with van der Waals surface area (Å²) in [4.78, 5) is 15.2. The van der Waals surface area contributed by atoms with Gasteiger partial charge in [0.1, 0.15) is 5.38 Å². The maximum atomic E-state index is 13.4. The zero-order valence-electron chi connectivity index (χ0n) is 20.0. The van der Waals surface area contributed by atoms with Crippen LogP contribution < -0.4 is 0 Å². The molecular weight excluding hydrogens is 430 g/mol. The van der Waals surface area contributed by atoms with Crippen molar-refractivity contribution >= 4 is 25.8 Å². The fourth-order valence-corrected chi connectivity index (χ4v) is 5.78. The number of hydrogen-bond donors (Lipinski definition) is 0. The molecule has 7 heteroatoms. The Labute approximate surface area is 193 Å². The molecule has 0 saturated carbocycles. The van der Waals surface area contributed by atoms with Crippen LogP contribution in [0.25, 0.3) is 0 Å². The van der Waals surface area contributed by atoms with Crippen LogP contribution in [0.2, 0.25) is 18.1 Å². The average molecular weight is 468 g/mol. The third-order valence-corrected chi connectivity index (χ3v) is 11.6. The predicted molar refractivity (Wildman–Crippen MR) is 127 cm³/mol. The number of nitrogens with zero attached hydrogens (tertiary/aromatic N) is 1. The Morgan fingerprint density at radius 1 is 1.13 bits per heavy atom. The van der Waals surface area contributed by atoms with E-state index in [1.165, 1.54) is 0 Å². The highest BCUT2D eigenvalue weighted by atomic mass is 35.5. The Bertz CT molecular complexity index is 765. The molecule has 0 spiro atoms. The molecule has 174 valence electrons. The van der Waals surface area contributed by atoms with Crippen LogP contribution in [0.5, 0.6) is 0 Å². The second kappa shape index (κ2) is 9.14. The van der Waals surface area contributed by atoms with Gasteiger partial charge in [0.25, 0.3) is 0 Å². The summed E-state index contributed by atoms with van der Waals surface area (Å²) in [5.74, 6) is -0.747. The molecule has 2 heterocycles. The van der Waals surface area contributed by atoms with Crippen LogP contribution in [-0.2, 0) is 25.2 Å². The number of rotatable bonds is 4. The SMILES string of the molecule is CC1(C)O[C@H]2C[C@@H](O[Si](C)(C)C(C)(C)C)CN(Cc3ccccc3)C(=O)[C@H](Cl)C[C@@H]2O1. The summed E-state index contributed by atoms with van der Waals surface area (Å²) in [7, 11) is -2.06. The number of amides is 1. The summed E-state index contributed by atoms with van der Waals surface area (Å²) in [5.41, 5.74) is 1.08. The smallest absolute Gasteiger partial charge is 0.241 e. The van der Waals surface area contributed by atoms with Crippen molar-refractivity contribution in [1.82, 2.24) is 4.90 Å². The van der Waals surface area contributed by atoms with Crippen molar-refractivity contribution in [1.29, 1.82) is 0 Å². The Balaban J connectivity index is 1.90. The summed E-state index contributed by atoms with van der Waals surface area (Å²) in [6.07, 6.45) is 0.620.